The molecular weight excluding hydrogens is 210 g/mol. The molecule has 0 heterocycles. The molecule has 0 radical (unpaired) electrons. The van der Waals surface area contributed by atoms with Crippen molar-refractivity contribution >= 4 is 23.4 Å². The molecule has 0 bridgehead atoms. The monoisotopic (exact) mass is 225 g/mol. The second-order valence-electron chi connectivity index (χ2n) is 3.38. The third-order valence-electron chi connectivity index (χ3n) is 1.83. The molecule has 0 aromatic heterocycles. The van der Waals surface area contributed by atoms with Gasteiger partial charge in [-0.05, 0) is 12.1 Å². The number of carbonyl (C=O) groups excluding carboxylic acids is 1. The molecule has 15 heavy (non-hydrogen) atoms. The summed E-state index contributed by atoms with van der Waals surface area (Å²) < 4.78 is 4.65. The number of para-hydroxylation sites is 1. The van der Waals surface area contributed by atoms with E-state index in [2.05, 4.69) is 18.6 Å². The minimum atomic E-state index is -0.390. The van der Waals surface area contributed by atoms with E-state index in [4.69, 9.17) is 5.73 Å². The van der Waals surface area contributed by atoms with E-state index in [1.54, 1.807) is 17.8 Å². The molecule has 0 saturated carbocycles. The van der Waals surface area contributed by atoms with Gasteiger partial charge in [-0.3, -0.25) is 0 Å². The average molecular weight is 225 g/mol. The minimum absolute atomic E-state index is 0.390. The Balaban J connectivity index is 3.05. The fourth-order valence-electron chi connectivity index (χ4n) is 1.19. The zero-order valence-corrected chi connectivity index (χ0v) is 9.93. The summed E-state index contributed by atoms with van der Waals surface area (Å²) in [6.07, 6.45) is 0. The average Bonchev–Trinajstić information content (AvgIpc) is 2.19. The SMILES string of the molecule is COC(=O)c1cccc(SC(C)C)c1N. The fourth-order valence-corrected chi connectivity index (χ4v) is 2.09. The number of carbonyl (C=O) groups is 1. The first-order valence-corrected chi connectivity index (χ1v) is 5.57. The van der Waals surface area contributed by atoms with E-state index in [0.29, 0.717) is 16.5 Å². The normalized spacial score (nSPS) is 10.4. The van der Waals surface area contributed by atoms with Gasteiger partial charge < -0.3 is 10.5 Å². The molecule has 0 saturated heterocycles. The van der Waals surface area contributed by atoms with Crippen molar-refractivity contribution in [1.29, 1.82) is 0 Å². The Kier molecular flexibility index (Phi) is 4.03. The van der Waals surface area contributed by atoms with Crippen LogP contribution in [0.1, 0.15) is 24.2 Å². The predicted octanol–water partition coefficient (Wildman–Crippen LogP) is 2.56. The van der Waals surface area contributed by atoms with Gasteiger partial charge in [0.15, 0.2) is 0 Å². The van der Waals surface area contributed by atoms with Gasteiger partial charge in [0, 0.05) is 10.1 Å². The second-order valence-corrected chi connectivity index (χ2v) is 4.99. The number of benzene rings is 1. The lowest BCUT2D eigenvalue weighted by atomic mass is 10.2. The topological polar surface area (TPSA) is 52.3 Å². The number of ether oxygens (including phenoxy) is 1. The molecule has 0 fully saturated rings. The molecule has 4 heteroatoms. The third kappa shape index (κ3) is 2.89. The molecule has 0 atom stereocenters. The van der Waals surface area contributed by atoms with Crippen LogP contribution in [-0.4, -0.2) is 18.3 Å². The zero-order chi connectivity index (χ0) is 11.4. The Morgan fingerprint density at radius 2 is 2.13 bits per heavy atom. The Hall–Kier alpha value is -1.16. The van der Waals surface area contributed by atoms with Gasteiger partial charge in [0.05, 0.1) is 18.4 Å². The summed E-state index contributed by atoms with van der Waals surface area (Å²) in [6.45, 7) is 4.16. The smallest absolute Gasteiger partial charge is 0.339 e. The summed E-state index contributed by atoms with van der Waals surface area (Å²) in [5.74, 6) is -0.390. The van der Waals surface area contributed by atoms with Crippen LogP contribution in [-0.2, 0) is 4.74 Å². The fraction of sp³-hybridized carbons (Fsp3) is 0.364. The van der Waals surface area contributed by atoms with Crippen molar-refractivity contribution in [2.75, 3.05) is 12.8 Å². The summed E-state index contributed by atoms with van der Waals surface area (Å²) in [5, 5.41) is 0.431. The molecule has 2 N–H and O–H groups in total. The number of nitrogens with two attached hydrogens (primary N) is 1. The van der Waals surface area contributed by atoms with Crippen molar-refractivity contribution < 1.29 is 9.53 Å². The first kappa shape index (κ1) is 11.9. The van der Waals surface area contributed by atoms with E-state index in [9.17, 15) is 4.79 Å². The van der Waals surface area contributed by atoms with Crippen LogP contribution < -0.4 is 5.73 Å². The predicted molar refractivity (Wildman–Crippen MR) is 63.2 cm³/mol. The van der Waals surface area contributed by atoms with Crippen molar-refractivity contribution in [1.82, 2.24) is 0 Å². The van der Waals surface area contributed by atoms with Gasteiger partial charge in [-0.15, -0.1) is 11.8 Å². The number of esters is 1. The van der Waals surface area contributed by atoms with E-state index in [0.717, 1.165) is 4.90 Å². The molecule has 1 aromatic rings. The summed E-state index contributed by atoms with van der Waals surface area (Å²) >= 11 is 1.63. The van der Waals surface area contributed by atoms with Crippen LogP contribution in [0.4, 0.5) is 5.69 Å². The molecular formula is C11H15NO2S. The number of rotatable bonds is 3. The molecule has 1 aromatic carbocycles. The highest BCUT2D eigenvalue weighted by molar-refractivity contribution is 8.00. The molecule has 0 unspecified atom stereocenters. The number of methoxy groups -OCH3 is 1. The van der Waals surface area contributed by atoms with Crippen LogP contribution in [0.3, 0.4) is 0 Å². The second kappa shape index (κ2) is 5.07. The number of thioether (sulfide) groups is 1. The maximum absolute atomic E-state index is 11.4. The molecule has 0 spiro atoms. The zero-order valence-electron chi connectivity index (χ0n) is 9.11. The highest BCUT2D eigenvalue weighted by Gasteiger charge is 2.13. The van der Waals surface area contributed by atoms with Crippen LogP contribution >= 0.6 is 11.8 Å². The van der Waals surface area contributed by atoms with Crippen molar-refractivity contribution in [2.45, 2.75) is 24.0 Å². The van der Waals surface area contributed by atoms with Crippen LogP contribution in [0.2, 0.25) is 0 Å². The first-order chi connectivity index (χ1) is 7.06. The molecule has 0 aliphatic carbocycles. The van der Waals surface area contributed by atoms with Crippen molar-refractivity contribution in [3.63, 3.8) is 0 Å². The molecule has 0 aliphatic rings. The molecule has 82 valence electrons. The number of hydrogen-bond donors (Lipinski definition) is 1. The van der Waals surface area contributed by atoms with Gasteiger partial charge in [0.2, 0.25) is 0 Å². The Bertz CT molecular complexity index is 364. The van der Waals surface area contributed by atoms with Gasteiger partial charge in [-0.2, -0.15) is 0 Å². The van der Waals surface area contributed by atoms with Gasteiger partial charge in [0.25, 0.3) is 0 Å². The summed E-state index contributed by atoms with van der Waals surface area (Å²) in [5.41, 5.74) is 6.82. The summed E-state index contributed by atoms with van der Waals surface area (Å²) in [7, 11) is 1.35. The van der Waals surface area contributed by atoms with Crippen LogP contribution in [0.25, 0.3) is 0 Å². The Labute approximate surface area is 94.0 Å². The Morgan fingerprint density at radius 1 is 1.47 bits per heavy atom. The van der Waals surface area contributed by atoms with E-state index >= 15 is 0 Å². The van der Waals surface area contributed by atoms with Gasteiger partial charge >= 0.3 is 5.97 Å². The standard InChI is InChI=1S/C11H15NO2S/c1-7(2)15-9-6-4-5-8(10(9)12)11(13)14-3/h4-7H,12H2,1-3H3. The van der Waals surface area contributed by atoms with Crippen molar-refractivity contribution in [3.8, 4) is 0 Å². The highest BCUT2D eigenvalue weighted by Crippen LogP contribution is 2.30. The van der Waals surface area contributed by atoms with Gasteiger partial charge in [-0.1, -0.05) is 19.9 Å². The van der Waals surface area contributed by atoms with Crippen molar-refractivity contribution in [2.24, 2.45) is 0 Å². The maximum Gasteiger partial charge on any atom is 0.339 e. The van der Waals surface area contributed by atoms with Crippen LogP contribution in [0, 0.1) is 0 Å². The number of anilines is 1. The van der Waals surface area contributed by atoms with Crippen molar-refractivity contribution in [3.05, 3.63) is 23.8 Å². The third-order valence-corrected chi connectivity index (χ3v) is 2.92. The quantitative estimate of drug-likeness (QED) is 0.488. The number of hydrogen-bond acceptors (Lipinski definition) is 4. The van der Waals surface area contributed by atoms with Crippen LogP contribution in [0.5, 0.6) is 0 Å². The summed E-state index contributed by atoms with van der Waals surface area (Å²) in [6, 6.07) is 5.39. The lowest BCUT2D eigenvalue weighted by Gasteiger charge is -2.10. The summed E-state index contributed by atoms with van der Waals surface area (Å²) in [4.78, 5) is 12.3. The molecule has 1 rings (SSSR count). The maximum atomic E-state index is 11.4. The van der Waals surface area contributed by atoms with Gasteiger partial charge in [-0.25, -0.2) is 4.79 Å². The van der Waals surface area contributed by atoms with E-state index in [-0.39, 0.29) is 0 Å². The van der Waals surface area contributed by atoms with E-state index < -0.39 is 5.97 Å². The highest BCUT2D eigenvalue weighted by atomic mass is 32.2. The Morgan fingerprint density at radius 3 is 2.67 bits per heavy atom. The van der Waals surface area contributed by atoms with Crippen LogP contribution in [0.15, 0.2) is 23.1 Å². The minimum Gasteiger partial charge on any atom is -0.465 e. The number of nitrogen functional groups attached to an aromatic ring is 1. The largest absolute Gasteiger partial charge is 0.465 e. The van der Waals surface area contributed by atoms with Gasteiger partial charge in [0.1, 0.15) is 0 Å². The lowest BCUT2D eigenvalue weighted by molar-refractivity contribution is 0.0601. The lowest BCUT2D eigenvalue weighted by Crippen LogP contribution is -2.06. The molecule has 0 aliphatic heterocycles. The molecule has 3 nitrogen and oxygen atoms in total. The first-order valence-electron chi connectivity index (χ1n) is 4.69. The van der Waals surface area contributed by atoms with E-state index in [1.165, 1.54) is 7.11 Å². The molecule has 0 amide bonds. The van der Waals surface area contributed by atoms with E-state index in [1.807, 2.05) is 12.1 Å².